The molecule has 0 saturated heterocycles. The van der Waals surface area contributed by atoms with Gasteiger partial charge in [0.25, 0.3) is 0 Å². The lowest BCUT2D eigenvalue weighted by atomic mass is 10.1. The van der Waals surface area contributed by atoms with Gasteiger partial charge in [0.2, 0.25) is 0 Å². The first-order chi connectivity index (χ1) is 5.52. The number of phenols is 1. The highest BCUT2D eigenvalue weighted by Gasteiger charge is 2.13. The van der Waals surface area contributed by atoms with Crippen LogP contribution in [0.2, 0.25) is 0 Å². The third-order valence-electron chi connectivity index (χ3n) is 1.51. The van der Waals surface area contributed by atoms with Crippen molar-refractivity contribution >= 4 is 11.7 Å². The van der Waals surface area contributed by atoms with Gasteiger partial charge >= 0.3 is 5.97 Å². The lowest BCUT2D eigenvalue weighted by Crippen LogP contribution is -2.02. The van der Waals surface area contributed by atoms with Crippen LogP contribution in [0.1, 0.15) is 15.9 Å². The van der Waals surface area contributed by atoms with E-state index in [2.05, 4.69) is 0 Å². The van der Waals surface area contributed by atoms with Crippen LogP contribution < -0.4 is 5.73 Å². The molecule has 0 aliphatic rings. The summed E-state index contributed by atoms with van der Waals surface area (Å²) in [6.07, 6.45) is 0. The van der Waals surface area contributed by atoms with Gasteiger partial charge in [0.1, 0.15) is 11.3 Å². The molecule has 0 spiro atoms. The molecule has 1 aromatic rings. The van der Waals surface area contributed by atoms with Gasteiger partial charge in [-0.3, -0.25) is 0 Å². The highest BCUT2D eigenvalue weighted by Crippen LogP contribution is 2.24. The van der Waals surface area contributed by atoms with Crippen molar-refractivity contribution in [2.75, 3.05) is 5.73 Å². The normalized spacial score (nSPS) is 9.75. The van der Waals surface area contributed by atoms with Crippen LogP contribution in [0, 0.1) is 6.92 Å². The summed E-state index contributed by atoms with van der Waals surface area (Å²) in [5, 5.41) is 17.8. The first-order valence-electron chi connectivity index (χ1n) is 3.34. The van der Waals surface area contributed by atoms with Crippen LogP contribution in [0.15, 0.2) is 12.1 Å². The maximum absolute atomic E-state index is 10.5. The van der Waals surface area contributed by atoms with Gasteiger partial charge in [-0.2, -0.15) is 0 Å². The largest absolute Gasteiger partial charge is 0.507 e. The van der Waals surface area contributed by atoms with Crippen LogP contribution in [0.4, 0.5) is 5.69 Å². The number of nitrogens with two attached hydrogens (primary N) is 1. The zero-order valence-corrected chi connectivity index (χ0v) is 6.53. The van der Waals surface area contributed by atoms with Gasteiger partial charge in [-0.25, -0.2) is 4.79 Å². The van der Waals surface area contributed by atoms with Gasteiger partial charge in [0.05, 0.1) is 5.69 Å². The molecule has 4 heteroatoms. The quantitative estimate of drug-likeness (QED) is 0.544. The molecule has 4 N–H and O–H groups in total. The lowest BCUT2D eigenvalue weighted by Gasteiger charge is -2.04. The van der Waals surface area contributed by atoms with Crippen molar-refractivity contribution in [1.82, 2.24) is 0 Å². The number of anilines is 1. The third-order valence-corrected chi connectivity index (χ3v) is 1.51. The Hall–Kier alpha value is -1.71. The van der Waals surface area contributed by atoms with Gasteiger partial charge in [0.15, 0.2) is 0 Å². The molecule has 0 aliphatic carbocycles. The zero-order valence-electron chi connectivity index (χ0n) is 6.53. The van der Waals surface area contributed by atoms with E-state index in [0.717, 1.165) is 5.56 Å². The van der Waals surface area contributed by atoms with Crippen LogP contribution in [-0.4, -0.2) is 16.2 Å². The number of aromatic carboxylic acids is 1. The molecule has 0 fully saturated rings. The summed E-state index contributed by atoms with van der Waals surface area (Å²) < 4.78 is 0. The van der Waals surface area contributed by atoms with E-state index in [9.17, 15) is 9.90 Å². The fourth-order valence-corrected chi connectivity index (χ4v) is 1.03. The van der Waals surface area contributed by atoms with Gasteiger partial charge in [0, 0.05) is 0 Å². The number of aromatic hydroxyl groups is 1. The van der Waals surface area contributed by atoms with Crippen molar-refractivity contribution in [2.24, 2.45) is 0 Å². The molecule has 0 unspecified atom stereocenters. The average Bonchev–Trinajstić information content (AvgIpc) is 1.82. The minimum atomic E-state index is -1.22. The van der Waals surface area contributed by atoms with E-state index in [1.807, 2.05) is 0 Å². The minimum Gasteiger partial charge on any atom is -0.507 e. The fourth-order valence-electron chi connectivity index (χ4n) is 1.03. The molecule has 4 nitrogen and oxygen atoms in total. The van der Waals surface area contributed by atoms with Crippen molar-refractivity contribution in [2.45, 2.75) is 6.92 Å². The average molecular weight is 167 g/mol. The second kappa shape index (κ2) is 2.73. The topological polar surface area (TPSA) is 83.6 Å². The standard InChI is InChI=1S/C8H9NO3/c1-4-2-5(9)7(8(11)12)6(10)3-4/h2-3,10H,9H2,1H3,(H,11,12). The predicted octanol–water partition coefficient (Wildman–Crippen LogP) is 0.981. The van der Waals surface area contributed by atoms with E-state index in [1.54, 1.807) is 6.92 Å². The molecule has 0 atom stereocenters. The molecule has 0 heterocycles. The van der Waals surface area contributed by atoms with E-state index in [0.29, 0.717) is 0 Å². The Morgan fingerprint density at radius 3 is 2.50 bits per heavy atom. The molecule has 0 aromatic heterocycles. The Bertz CT molecular complexity index is 310. The molecule has 64 valence electrons. The second-order valence-corrected chi connectivity index (χ2v) is 2.55. The van der Waals surface area contributed by atoms with Crippen molar-refractivity contribution in [1.29, 1.82) is 0 Å². The Morgan fingerprint density at radius 2 is 2.08 bits per heavy atom. The molecular weight excluding hydrogens is 158 g/mol. The first kappa shape index (κ1) is 8.39. The molecular formula is C8H9NO3. The molecule has 0 saturated carbocycles. The molecule has 0 aliphatic heterocycles. The Kier molecular flexibility index (Phi) is 1.91. The van der Waals surface area contributed by atoms with Crippen LogP contribution in [-0.2, 0) is 0 Å². The van der Waals surface area contributed by atoms with E-state index >= 15 is 0 Å². The van der Waals surface area contributed by atoms with E-state index in [1.165, 1.54) is 12.1 Å². The SMILES string of the molecule is Cc1cc(N)c(C(=O)O)c(O)c1. The maximum atomic E-state index is 10.5. The Labute approximate surface area is 69.3 Å². The van der Waals surface area contributed by atoms with Crippen LogP contribution in [0.5, 0.6) is 5.75 Å². The van der Waals surface area contributed by atoms with Crippen molar-refractivity contribution in [3.8, 4) is 5.75 Å². The number of nitrogen functional groups attached to an aromatic ring is 1. The monoisotopic (exact) mass is 167 g/mol. The fraction of sp³-hybridized carbons (Fsp3) is 0.125. The van der Waals surface area contributed by atoms with Crippen molar-refractivity contribution in [3.05, 3.63) is 23.3 Å². The number of carboxylic acids is 1. The summed E-state index contributed by atoms with van der Waals surface area (Å²) in [6.45, 7) is 1.72. The minimum absolute atomic E-state index is 0.0833. The number of benzene rings is 1. The number of hydrogen-bond donors (Lipinski definition) is 3. The number of hydrogen-bond acceptors (Lipinski definition) is 3. The zero-order chi connectivity index (χ0) is 9.30. The smallest absolute Gasteiger partial charge is 0.341 e. The van der Waals surface area contributed by atoms with Gasteiger partial charge in [-0.15, -0.1) is 0 Å². The van der Waals surface area contributed by atoms with Crippen molar-refractivity contribution in [3.63, 3.8) is 0 Å². The maximum Gasteiger partial charge on any atom is 0.341 e. The lowest BCUT2D eigenvalue weighted by molar-refractivity contribution is 0.0695. The summed E-state index contributed by atoms with van der Waals surface area (Å²) >= 11 is 0. The number of rotatable bonds is 1. The van der Waals surface area contributed by atoms with E-state index < -0.39 is 5.97 Å². The first-order valence-corrected chi connectivity index (χ1v) is 3.34. The van der Waals surface area contributed by atoms with Gasteiger partial charge in [-0.1, -0.05) is 0 Å². The molecule has 0 radical (unpaired) electrons. The molecule has 0 amide bonds. The van der Waals surface area contributed by atoms with Crippen LogP contribution in [0.3, 0.4) is 0 Å². The molecule has 1 aromatic carbocycles. The summed E-state index contributed by atoms with van der Waals surface area (Å²) in [6, 6.07) is 2.86. The summed E-state index contributed by atoms with van der Waals surface area (Å²) in [4.78, 5) is 10.5. The predicted molar refractivity (Wildman–Crippen MR) is 44.2 cm³/mol. The molecule has 0 bridgehead atoms. The highest BCUT2D eigenvalue weighted by atomic mass is 16.4. The molecule has 12 heavy (non-hydrogen) atoms. The number of carboxylic acid groups (broad SMARTS) is 1. The summed E-state index contributed by atoms with van der Waals surface area (Å²) in [5.41, 5.74) is 5.96. The molecule has 1 rings (SSSR count). The van der Waals surface area contributed by atoms with Gasteiger partial charge < -0.3 is 15.9 Å². The summed E-state index contributed by atoms with van der Waals surface area (Å²) in [5.74, 6) is -1.51. The number of aryl methyl sites for hydroxylation is 1. The van der Waals surface area contributed by atoms with Crippen LogP contribution >= 0.6 is 0 Å². The Morgan fingerprint density at radius 1 is 1.50 bits per heavy atom. The van der Waals surface area contributed by atoms with E-state index in [4.69, 9.17) is 10.8 Å². The number of carbonyl (C=O) groups is 1. The summed E-state index contributed by atoms with van der Waals surface area (Å²) in [7, 11) is 0. The van der Waals surface area contributed by atoms with Gasteiger partial charge in [-0.05, 0) is 24.6 Å². The second-order valence-electron chi connectivity index (χ2n) is 2.55. The highest BCUT2D eigenvalue weighted by molar-refractivity contribution is 5.96. The Balaban J connectivity index is 3.38. The van der Waals surface area contributed by atoms with E-state index in [-0.39, 0.29) is 17.0 Å². The van der Waals surface area contributed by atoms with Crippen LogP contribution in [0.25, 0.3) is 0 Å². The third kappa shape index (κ3) is 1.32. The van der Waals surface area contributed by atoms with Crippen molar-refractivity contribution < 1.29 is 15.0 Å².